The van der Waals surface area contributed by atoms with Gasteiger partial charge in [0.15, 0.2) is 0 Å². The minimum Gasteiger partial charge on any atom is -0.458 e. The number of carbonyl (C=O) groups excluding carboxylic acids is 1. The lowest BCUT2D eigenvalue weighted by Crippen LogP contribution is -2.16. The summed E-state index contributed by atoms with van der Waals surface area (Å²) in [7, 11) is 0. The first kappa shape index (κ1) is 18.8. The molecule has 1 heterocycles. The Labute approximate surface area is 136 Å². The van der Waals surface area contributed by atoms with Crippen molar-refractivity contribution in [3.63, 3.8) is 0 Å². The van der Waals surface area contributed by atoms with Gasteiger partial charge in [-0.05, 0) is 37.8 Å². The zero-order valence-electron chi connectivity index (χ0n) is 14.2. The Kier molecular flexibility index (Phi) is 11.5. The maximum absolute atomic E-state index is 11.9. The molecule has 1 aliphatic heterocycles. The topological polar surface area (TPSA) is 26.3 Å². The molecule has 0 aromatic rings. The van der Waals surface area contributed by atoms with Gasteiger partial charge in [-0.3, -0.25) is 4.79 Å². The van der Waals surface area contributed by atoms with Crippen molar-refractivity contribution in [2.75, 3.05) is 0 Å². The number of allylic oxidation sites excluding steroid dienone is 1. The van der Waals surface area contributed by atoms with E-state index in [1.54, 1.807) is 0 Å². The van der Waals surface area contributed by atoms with Gasteiger partial charge in [0, 0.05) is 12.8 Å². The average Bonchev–Trinajstić information content (AvgIpc) is 2.50. The number of ether oxygens (including phenoxy) is 1. The van der Waals surface area contributed by atoms with E-state index >= 15 is 0 Å². The molecular formula is C20H32O2. The van der Waals surface area contributed by atoms with Crippen LogP contribution in [0.15, 0.2) is 12.2 Å². The highest BCUT2D eigenvalue weighted by Crippen LogP contribution is 2.13. The van der Waals surface area contributed by atoms with Crippen molar-refractivity contribution in [3.8, 4) is 11.8 Å². The van der Waals surface area contributed by atoms with Gasteiger partial charge in [-0.25, -0.2) is 0 Å². The van der Waals surface area contributed by atoms with Crippen LogP contribution in [0.5, 0.6) is 0 Å². The Bertz CT molecular complexity index is 373. The van der Waals surface area contributed by atoms with Gasteiger partial charge in [0.1, 0.15) is 6.10 Å². The highest BCUT2D eigenvalue weighted by molar-refractivity contribution is 5.69. The van der Waals surface area contributed by atoms with Crippen LogP contribution in [0.4, 0.5) is 0 Å². The first-order valence-electron chi connectivity index (χ1n) is 9.17. The molecule has 0 radical (unpaired) electrons. The lowest BCUT2D eigenvalue weighted by Gasteiger charge is -2.14. The van der Waals surface area contributed by atoms with Crippen LogP contribution >= 0.6 is 0 Å². The van der Waals surface area contributed by atoms with E-state index < -0.39 is 0 Å². The summed E-state index contributed by atoms with van der Waals surface area (Å²) in [4.78, 5) is 11.9. The fraction of sp³-hybridized carbons (Fsp3) is 0.750. The number of hydrogen-bond donors (Lipinski definition) is 0. The summed E-state index contributed by atoms with van der Waals surface area (Å²) in [5, 5.41) is 0. The van der Waals surface area contributed by atoms with Gasteiger partial charge in [-0.1, -0.05) is 63.7 Å². The van der Waals surface area contributed by atoms with E-state index in [-0.39, 0.29) is 12.1 Å². The van der Waals surface area contributed by atoms with E-state index in [2.05, 4.69) is 18.8 Å². The monoisotopic (exact) mass is 304 g/mol. The van der Waals surface area contributed by atoms with Crippen LogP contribution in [0.1, 0.15) is 90.4 Å². The highest BCUT2D eigenvalue weighted by Gasteiger charge is 2.11. The van der Waals surface area contributed by atoms with Crippen LogP contribution in [-0.4, -0.2) is 12.1 Å². The van der Waals surface area contributed by atoms with Crippen molar-refractivity contribution < 1.29 is 9.53 Å². The first-order valence-corrected chi connectivity index (χ1v) is 9.17. The van der Waals surface area contributed by atoms with Gasteiger partial charge in [0.25, 0.3) is 0 Å². The Hall–Kier alpha value is -1.23. The van der Waals surface area contributed by atoms with Gasteiger partial charge < -0.3 is 4.74 Å². The number of esters is 1. The van der Waals surface area contributed by atoms with Gasteiger partial charge >= 0.3 is 5.97 Å². The second-order valence-corrected chi connectivity index (χ2v) is 6.18. The Morgan fingerprint density at radius 3 is 2.59 bits per heavy atom. The molecule has 1 aliphatic rings. The predicted molar refractivity (Wildman–Crippen MR) is 92.5 cm³/mol. The lowest BCUT2D eigenvalue weighted by atomic mass is 10.1. The molecule has 22 heavy (non-hydrogen) atoms. The molecule has 0 amide bonds. The smallest absolute Gasteiger partial charge is 0.306 e. The summed E-state index contributed by atoms with van der Waals surface area (Å²) in [5.74, 6) is 6.22. The van der Waals surface area contributed by atoms with Crippen LogP contribution < -0.4 is 0 Å². The van der Waals surface area contributed by atoms with Crippen LogP contribution in [-0.2, 0) is 9.53 Å². The van der Waals surface area contributed by atoms with Crippen molar-refractivity contribution in [1.82, 2.24) is 0 Å². The van der Waals surface area contributed by atoms with Crippen LogP contribution in [0.3, 0.4) is 0 Å². The molecule has 0 aliphatic carbocycles. The van der Waals surface area contributed by atoms with Crippen LogP contribution in [0.25, 0.3) is 0 Å². The quantitative estimate of drug-likeness (QED) is 0.386. The Morgan fingerprint density at radius 1 is 1.09 bits per heavy atom. The normalized spacial score (nSPS) is 23.1. The molecule has 1 rings (SSSR count). The first-order chi connectivity index (χ1) is 10.8. The third kappa shape index (κ3) is 10.5. The van der Waals surface area contributed by atoms with Crippen molar-refractivity contribution in [2.45, 2.75) is 96.5 Å². The maximum atomic E-state index is 11.9. The fourth-order valence-electron chi connectivity index (χ4n) is 2.67. The summed E-state index contributed by atoms with van der Waals surface area (Å²) in [5.41, 5.74) is 0. The second kappa shape index (κ2) is 13.4. The molecule has 0 saturated heterocycles. The number of unbranched alkanes of at least 4 members (excludes halogenated alkanes) is 2. The summed E-state index contributed by atoms with van der Waals surface area (Å²) in [6.45, 7) is 2.19. The van der Waals surface area contributed by atoms with Crippen LogP contribution in [0, 0.1) is 11.8 Å². The SMILES string of the molecule is CCCCCC1/C=C/C#CCCCCCCCCCC(=O)O1. The van der Waals surface area contributed by atoms with Crippen molar-refractivity contribution in [1.29, 1.82) is 0 Å². The number of carbonyl (C=O) groups is 1. The maximum Gasteiger partial charge on any atom is 0.306 e. The fourth-order valence-corrected chi connectivity index (χ4v) is 2.67. The number of hydrogen-bond acceptors (Lipinski definition) is 2. The Balaban J connectivity index is 2.51. The minimum absolute atomic E-state index is 0.0498. The van der Waals surface area contributed by atoms with Crippen molar-refractivity contribution in [3.05, 3.63) is 12.2 Å². The molecule has 0 aromatic carbocycles. The third-order valence-corrected chi connectivity index (χ3v) is 4.05. The Morgan fingerprint density at radius 2 is 1.82 bits per heavy atom. The summed E-state index contributed by atoms with van der Waals surface area (Å²) >= 11 is 0. The molecule has 124 valence electrons. The van der Waals surface area contributed by atoms with Gasteiger partial charge in [0.05, 0.1) is 0 Å². The molecule has 0 spiro atoms. The molecule has 1 atom stereocenters. The standard InChI is InChI=1S/C20H32O2/c1-2-3-13-16-19-17-14-11-9-7-5-4-6-8-10-12-15-18-20(21)22-19/h14,17,19H,2-8,10,12-13,15-16,18H2,1H3/b17-14+. The average molecular weight is 304 g/mol. The molecule has 1 unspecified atom stereocenters. The predicted octanol–water partition coefficient (Wildman–Crippen LogP) is 5.56. The van der Waals surface area contributed by atoms with Crippen molar-refractivity contribution in [2.24, 2.45) is 0 Å². The molecule has 2 nitrogen and oxygen atoms in total. The summed E-state index contributed by atoms with van der Waals surface area (Å²) in [6.07, 6.45) is 18.1. The van der Waals surface area contributed by atoms with Crippen LogP contribution in [0.2, 0.25) is 0 Å². The van der Waals surface area contributed by atoms with Gasteiger partial charge in [-0.15, -0.1) is 0 Å². The number of cyclic esters (lactones) is 1. The van der Waals surface area contributed by atoms with E-state index in [1.165, 1.54) is 44.9 Å². The lowest BCUT2D eigenvalue weighted by molar-refractivity contribution is -0.147. The van der Waals surface area contributed by atoms with Crippen molar-refractivity contribution >= 4 is 5.97 Å². The second-order valence-electron chi connectivity index (χ2n) is 6.18. The van der Waals surface area contributed by atoms with Gasteiger partial charge in [-0.2, -0.15) is 0 Å². The zero-order chi connectivity index (χ0) is 15.9. The largest absolute Gasteiger partial charge is 0.458 e. The van der Waals surface area contributed by atoms with E-state index in [0.717, 1.165) is 32.1 Å². The molecule has 0 fully saturated rings. The summed E-state index contributed by atoms with van der Waals surface area (Å²) in [6, 6.07) is 0. The minimum atomic E-state index is -0.0961. The van der Waals surface area contributed by atoms with Gasteiger partial charge in [0.2, 0.25) is 0 Å². The third-order valence-electron chi connectivity index (χ3n) is 4.05. The number of rotatable bonds is 4. The van der Waals surface area contributed by atoms with E-state index in [4.69, 9.17) is 4.74 Å². The highest BCUT2D eigenvalue weighted by atomic mass is 16.5. The zero-order valence-corrected chi connectivity index (χ0v) is 14.2. The van der Waals surface area contributed by atoms with E-state index in [9.17, 15) is 4.79 Å². The molecule has 0 aromatic heterocycles. The van der Waals surface area contributed by atoms with E-state index in [0.29, 0.717) is 6.42 Å². The molecule has 0 N–H and O–H groups in total. The molecule has 0 saturated carbocycles. The molecular weight excluding hydrogens is 272 g/mol. The van der Waals surface area contributed by atoms with E-state index in [1.807, 2.05) is 12.2 Å². The molecule has 2 heteroatoms. The summed E-state index contributed by atoms with van der Waals surface area (Å²) < 4.78 is 5.60. The molecule has 0 bridgehead atoms.